The van der Waals surface area contributed by atoms with Crippen molar-refractivity contribution in [2.75, 3.05) is 0 Å². The van der Waals surface area contributed by atoms with E-state index >= 15 is 0 Å². The molecule has 0 saturated carbocycles. The van der Waals surface area contributed by atoms with Crippen molar-refractivity contribution in [2.45, 2.75) is 52.0 Å². The fourth-order valence-corrected chi connectivity index (χ4v) is 4.25. The summed E-state index contributed by atoms with van der Waals surface area (Å²) in [6, 6.07) is 0. The second-order valence-electron chi connectivity index (χ2n) is 6.07. The maximum absolute atomic E-state index is 11.0. The first-order valence-electron chi connectivity index (χ1n) is 7.61. The Morgan fingerprint density at radius 2 is 1.55 bits per heavy atom. The van der Waals surface area contributed by atoms with Gasteiger partial charge in [0.1, 0.15) is 0 Å². The Morgan fingerprint density at radius 3 is 2.00 bits per heavy atom. The van der Waals surface area contributed by atoms with E-state index in [0.29, 0.717) is 6.54 Å². The third-order valence-corrected chi connectivity index (χ3v) is 6.95. The molecule has 0 atom stereocenters. The topological polar surface area (TPSA) is 157 Å². The van der Waals surface area contributed by atoms with Gasteiger partial charge in [-0.2, -0.15) is 0 Å². The Bertz CT molecular complexity index is 721. The minimum absolute atomic E-state index is 0. The van der Waals surface area contributed by atoms with Crippen LogP contribution in [0.3, 0.4) is 0 Å². The molecule has 15 heteroatoms. The number of hydrogen-bond acceptors (Lipinski definition) is 8. The van der Waals surface area contributed by atoms with E-state index in [9.17, 15) is 28.7 Å². The second-order valence-corrected chi connectivity index (χ2v) is 9.88. The largest absolute Gasteiger partial charge is 1.00 e. The number of allylic oxidation sites excluding steroid dienone is 4. The Hall–Kier alpha value is 2.92. The molecule has 0 aliphatic rings. The minimum Gasteiger partial charge on any atom is -0.810 e. The summed E-state index contributed by atoms with van der Waals surface area (Å²) in [6.45, 7) is 6.36. The van der Waals surface area contributed by atoms with Gasteiger partial charge in [-0.1, -0.05) is 43.7 Å². The van der Waals surface area contributed by atoms with Crippen molar-refractivity contribution in [3.05, 3.63) is 35.2 Å². The van der Waals surface area contributed by atoms with E-state index in [0.717, 1.165) is 18.4 Å². The van der Waals surface area contributed by atoms with Crippen molar-refractivity contribution >= 4 is 15.2 Å². The Kier molecular flexibility index (Phi) is 24.7. The molecule has 0 unspecified atom stereocenters. The molecule has 0 spiro atoms. The first kappa shape index (κ1) is 39.1. The summed E-state index contributed by atoms with van der Waals surface area (Å²) in [7, 11) is -11.2. The molecular weight excluding hydrogens is 460 g/mol. The van der Waals surface area contributed by atoms with Crippen molar-refractivity contribution in [3.63, 3.8) is 0 Å². The van der Waals surface area contributed by atoms with E-state index in [1.165, 1.54) is 16.5 Å². The normalized spacial score (nSPS) is 11.5. The summed E-state index contributed by atoms with van der Waals surface area (Å²) in [5, 5.41) is 4.81. The van der Waals surface area contributed by atoms with Crippen LogP contribution < -0.4 is 138 Å². The fourth-order valence-electron chi connectivity index (χ4n) is 2.05. The van der Waals surface area contributed by atoms with Gasteiger partial charge in [0.2, 0.25) is 0 Å². The second kappa shape index (κ2) is 18.3. The molecular formula is C14H21N3Na4O6P2. The molecule has 142 valence electrons. The number of hydrogen-bond donors (Lipinski definition) is 0. The van der Waals surface area contributed by atoms with Crippen molar-refractivity contribution in [3.8, 4) is 0 Å². The van der Waals surface area contributed by atoms with Crippen LogP contribution in [-0.2, 0) is 22.1 Å². The van der Waals surface area contributed by atoms with Crippen LogP contribution in [0.1, 0.15) is 39.3 Å². The van der Waals surface area contributed by atoms with Crippen LogP contribution in [0.2, 0.25) is 0 Å². The van der Waals surface area contributed by atoms with E-state index in [-0.39, 0.29) is 124 Å². The van der Waals surface area contributed by atoms with Gasteiger partial charge in [-0.05, 0) is 33.6 Å². The minimum atomic E-state index is -5.59. The molecule has 0 N–H and O–H groups in total. The van der Waals surface area contributed by atoms with E-state index in [2.05, 4.69) is 16.4 Å². The van der Waals surface area contributed by atoms with Crippen molar-refractivity contribution in [2.24, 2.45) is 0 Å². The number of aromatic nitrogens is 3. The van der Waals surface area contributed by atoms with Crippen LogP contribution in [-0.4, -0.2) is 20.4 Å². The van der Waals surface area contributed by atoms with Gasteiger partial charge in [-0.25, -0.2) is 4.68 Å². The Balaban J connectivity index is -0.000000781. The van der Waals surface area contributed by atoms with E-state index in [1.54, 1.807) is 0 Å². The third kappa shape index (κ3) is 17.1. The van der Waals surface area contributed by atoms with Gasteiger partial charge in [0.25, 0.3) is 0 Å². The molecule has 1 rings (SSSR count). The molecule has 1 aromatic rings. The van der Waals surface area contributed by atoms with Gasteiger partial charge in [0, 0.05) is 18.0 Å². The van der Waals surface area contributed by atoms with E-state index in [4.69, 9.17) is 0 Å². The maximum Gasteiger partial charge on any atom is 1.00 e. The molecule has 29 heavy (non-hydrogen) atoms. The summed E-state index contributed by atoms with van der Waals surface area (Å²) < 4.78 is 23.3. The quantitative estimate of drug-likeness (QED) is 0.191. The molecule has 0 amide bonds. The Labute approximate surface area is 260 Å². The number of rotatable bonds is 9. The summed E-state index contributed by atoms with van der Waals surface area (Å²) >= 11 is 0. The first-order valence-corrected chi connectivity index (χ1v) is 10.8. The van der Waals surface area contributed by atoms with Crippen molar-refractivity contribution in [1.82, 2.24) is 15.0 Å². The van der Waals surface area contributed by atoms with E-state index in [1.807, 2.05) is 26.8 Å². The molecule has 0 saturated heterocycles. The van der Waals surface area contributed by atoms with Crippen LogP contribution in [0.25, 0.3) is 0 Å². The summed E-state index contributed by atoms with van der Waals surface area (Å²) in [6.07, 6.45) is 6.35. The smallest absolute Gasteiger partial charge is 0.810 e. The maximum atomic E-state index is 11.0. The van der Waals surface area contributed by atoms with Gasteiger partial charge in [0.05, 0.1) is 12.2 Å². The molecule has 1 heterocycles. The number of nitrogens with zero attached hydrogens (tertiary/aromatic N) is 3. The zero-order valence-electron chi connectivity index (χ0n) is 18.3. The predicted molar refractivity (Wildman–Crippen MR) is 85.1 cm³/mol. The molecule has 9 nitrogen and oxygen atoms in total. The third-order valence-electron chi connectivity index (χ3n) is 3.43. The average Bonchev–Trinajstić information content (AvgIpc) is 2.87. The van der Waals surface area contributed by atoms with E-state index < -0.39 is 27.0 Å². The fraction of sp³-hybridized carbons (Fsp3) is 0.571. The van der Waals surface area contributed by atoms with Crippen molar-refractivity contribution < 1.29 is 147 Å². The molecule has 0 aliphatic heterocycles. The van der Waals surface area contributed by atoms with Gasteiger partial charge in [-0.15, -0.1) is 5.10 Å². The summed E-state index contributed by atoms with van der Waals surface area (Å²) in [5.41, 5.74) is 2.32. The zero-order chi connectivity index (χ0) is 19.3. The van der Waals surface area contributed by atoms with Gasteiger partial charge in [0.15, 0.2) is 0 Å². The zero-order valence-corrected chi connectivity index (χ0v) is 28.1. The molecule has 0 radical (unpaired) electrons. The molecule has 1 aromatic heterocycles. The predicted octanol–water partition coefficient (Wildman–Crippen LogP) is -12.3. The molecule has 0 aliphatic carbocycles. The monoisotopic (exact) mass is 481 g/mol. The SMILES string of the molecule is CC(C)=CCCC(C)=CCn1cc(CC(P(=O)([O-])[O-])P(=O)([O-])[O-])nn1.[Na+].[Na+].[Na+].[Na+]. The van der Waals surface area contributed by atoms with Gasteiger partial charge >= 0.3 is 118 Å². The summed E-state index contributed by atoms with van der Waals surface area (Å²) in [4.78, 5) is 43.9. The van der Waals surface area contributed by atoms with Crippen LogP contribution in [0.15, 0.2) is 29.5 Å². The van der Waals surface area contributed by atoms with Crippen LogP contribution in [0.5, 0.6) is 0 Å². The van der Waals surface area contributed by atoms with Crippen LogP contribution in [0, 0.1) is 0 Å². The summed E-state index contributed by atoms with van der Waals surface area (Å²) in [5.74, 6) is 0. The average molecular weight is 481 g/mol. The first-order chi connectivity index (χ1) is 11.4. The van der Waals surface area contributed by atoms with Gasteiger partial charge in [-0.3, -0.25) is 0 Å². The van der Waals surface area contributed by atoms with Crippen LogP contribution in [0.4, 0.5) is 0 Å². The standard InChI is InChI=1S/C14H25N3O6P2.4Na/c1-11(2)5-4-6-12(3)7-8-17-10-13(15-16-17)9-14(24(18,19)20)25(21,22)23;;;;/h5,7,10,14H,4,6,8-9H2,1-3H3,(H2,18,19,20)(H2,21,22,23);;;;/q;4*+1/p-4. The molecule has 0 fully saturated rings. The van der Waals surface area contributed by atoms with Crippen LogP contribution >= 0.6 is 15.2 Å². The van der Waals surface area contributed by atoms with Crippen molar-refractivity contribution in [1.29, 1.82) is 0 Å². The molecule has 0 bridgehead atoms. The van der Waals surface area contributed by atoms with Gasteiger partial charge < -0.3 is 28.7 Å². The molecule has 0 aromatic carbocycles. The Morgan fingerprint density at radius 1 is 1.03 bits per heavy atom.